The highest BCUT2D eigenvalue weighted by molar-refractivity contribution is 9.10. The van der Waals surface area contributed by atoms with Crippen LogP contribution in [0, 0.1) is 6.92 Å². The third kappa shape index (κ3) is 1.30. The Labute approximate surface area is 96.5 Å². The van der Waals surface area contributed by atoms with Crippen LogP contribution in [-0.4, -0.2) is 6.10 Å². The molecule has 1 aliphatic rings. The fourth-order valence-electron chi connectivity index (χ4n) is 1.73. The maximum atomic E-state index is 6.08. The predicted octanol–water partition coefficient (Wildman–Crippen LogP) is 3.32. The Morgan fingerprint density at radius 1 is 1.57 bits per heavy atom. The molecule has 1 aromatic carbocycles. The van der Waals surface area contributed by atoms with Gasteiger partial charge in [-0.2, -0.15) is 0 Å². The molecule has 0 fully saturated rings. The second kappa shape index (κ2) is 3.31. The van der Waals surface area contributed by atoms with E-state index in [0.29, 0.717) is 10.7 Å². The molecule has 0 aliphatic carbocycles. The van der Waals surface area contributed by atoms with Crippen molar-refractivity contribution in [1.82, 2.24) is 0 Å². The standard InChI is InChI=1S/C10H11BrClNO/c1-4-3-6-7(11)5(2)8(12)9(13)10(6)14-4/h4H,3,13H2,1-2H3. The van der Waals surface area contributed by atoms with Crippen LogP contribution < -0.4 is 10.5 Å². The van der Waals surface area contributed by atoms with Crippen molar-refractivity contribution in [1.29, 1.82) is 0 Å². The molecule has 14 heavy (non-hydrogen) atoms. The van der Waals surface area contributed by atoms with Gasteiger partial charge in [0.2, 0.25) is 0 Å². The number of benzene rings is 1. The van der Waals surface area contributed by atoms with Gasteiger partial charge in [0.25, 0.3) is 0 Å². The number of nitrogen functional groups attached to an aromatic ring is 1. The summed E-state index contributed by atoms with van der Waals surface area (Å²) in [5.74, 6) is 0.750. The number of ether oxygens (including phenoxy) is 1. The van der Waals surface area contributed by atoms with E-state index in [9.17, 15) is 0 Å². The largest absolute Gasteiger partial charge is 0.488 e. The summed E-state index contributed by atoms with van der Waals surface area (Å²) in [6, 6.07) is 0. The minimum absolute atomic E-state index is 0.182. The van der Waals surface area contributed by atoms with Gasteiger partial charge in [0.05, 0.1) is 10.7 Å². The minimum atomic E-state index is 0.182. The fourth-order valence-corrected chi connectivity index (χ4v) is 2.57. The van der Waals surface area contributed by atoms with Gasteiger partial charge in [-0.25, -0.2) is 0 Å². The average molecular weight is 277 g/mol. The van der Waals surface area contributed by atoms with Crippen molar-refractivity contribution < 1.29 is 4.74 Å². The Morgan fingerprint density at radius 3 is 2.86 bits per heavy atom. The zero-order valence-electron chi connectivity index (χ0n) is 8.03. The SMILES string of the molecule is Cc1c(Cl)c(N)c2c(c1Br)CC(C)O2. The molecule has 1 unspecified atom stereocenters. The molecule has 0 bridgehead atoms. The third-order valence-electron chi connectivity index (χ3n) is 2.49. The number of hydrogen-bond acceptors (Lipinski definition) is 2. The number of hydrogen-bond donors (Lipinski definition) is 1. The molecule has 2 nitrogen and oxygen atoms in total. The van der Waals surface area contributed by atoms with Crippen LogP contribution in [0.1, 0.15) is 18.1 Å². The first-order valence-electron chi connectivity index (χ1n) is 4.45. The molecule has 1 heterocycles. The molecule has 0 aromatic heterocycles. The molecule has 0 saturated heterocycles. The Morgan fingerprint density at radius 2 is 2.21 bits per heavy atom. The topological polar surface area (TPSA) is 35.2 Å². The van der Waals surface area contributed by atoms with Gasteiger partial charge >= 0.3 is 0 Å². The zero-order valence-corrected chi connectivity index (χ0v) is 10.4. The number of nitrogens with two attached hydrogens (primary N) is 1. The summed E-state index contributed by atoms with van der Waals surface area (Å²) < 4.78 is 6.64. The summed E-state index contributed by atoms with van der Waals surface area (Å²) in [4.78, 5) is 0. The quantitative estimate of drug-likeness (QED) is 0.738. The molecule has 1 atom stereocenters. The monoisotopic (exact) mass is 275 g/mol. The molecule has 1 aliphatic heterocycles. The molecule has 0 saturated carbocycles. The van der Waals surface area contributed by atoms with Crippen LogP contribution in [0.25, 0.3) is 0 Å². The lowest BCUT2D eigenvalue weighted by atomic mass is 10.1. The van der Waals surface area contributed by atoms with E-state index in [-0.39, 0.29) is 6.10 Å². The van der Waals surface area contributed by atoms with Gasteiger partial charge in [-0.3, -0.25) is 0 Å². The molecule has 0 amide bonds. The van der Waals surface area contributed by atoms with Crippen LogP contribution in [0.2, 0.25) is 5.02 Å². The Kier molecular flexibility index (Phi) is 2.40. The first-order valence-corrected chi connectivity index (χ1v) is 5.62. The first-order chi connectivity index (χ1) is 6.52. The van der Waals surface area contributed by atoms with E-state index in [1.165, 1.54) is 0 Å². The first kappa shape index (κ1) is 10.1. The van der Waals surface area contributed by atoms with Gasteiger partial charge in [0, 0.05) is 16.5 Å². The molecule has 0 spiro atoms. The van der Waals surface area contributed by atoms with Crippen LogP contribution in [0.3, 0.4) is 0 Å². The lowest BCUT2D eigenvalue weighted by molar-refractivity contribution is 0.256. The summed E-state index contributed by atoms with van der Waals surface area (Å²) in [5.41, 5.74) is 8.57. The van der Waals surface area contributed by atoms with Crippen LogP contribution >= 0.6 is 27.5 Å². The van der Waals surface area contributed by atoms with Crippen LogP contribution in [-0.2, 0) is 6.42 Å². The van der Waals surface area contributed by atoms with Crippen LogP contribution in [0.15, 0.2) is 4.47 Å². The van der Waals surface area contributed by atoms with Crippen molar-refractivity contribution in [2.45, 2.75) is 26.4 Å². The smallest absolute Gasteiger partial charge is 0.148 e. The molecule has 2 rings (SSSR count). The van der Waals surface area contributed by atoms with Crippen molar-refractivity contribution in [3.63, 3.8) is 0 Å². The summed E-state index contributed by atoms with van der Waals surface area (Å²) in [5, 5.41) is 0.588. The Bertz CT molecular complexity index is 369. The summed E-state index contributed by atoms with van der Waals surface area (Å²) in [7, 11) is 0. The Hall–Kier alpha value is -0.410. The van der Waals surface area contributed by atoms with E-state index in [4.69, 9.17) is 22.1 Å². The lowest BCUT2D eigenvalue weighted by Gasteiger charge is -2.11. The van der Waals surface area contributed by atoms with Gasteiger partial charge in [-0.05, 0) is 19.4 Å². The van der Waals surface area contributed by atoms with E-state index in [1.807, 2.05) is 13.8 Å². The predicted molar refractivity (Wildman–Crippen MR) is 62.1 cm³/mol. The summed E-state index contributed by atoms with van der Waals surface area (Å²) in [6.45, 7) is 3.97. The summed E-state index contributed by atoms with van der Waals surface area (Å²) in [6.07, 6.45) is 1.07. The van der Waals surface area contributed by atoms with E-state index in [0.717, 1.165) is 27.8 Å². The lowest BCUT2D eigenvalue weighted by Crippen LogP contribution is -2.06. The number of fused-ring (bicyclic) bond motifs is 1. The minimum Gasteiger partial charge on any atom is -0.488 e. The second-order valence-electron chi connectivity index (χ2n) is 3.61. The fraction of sp³-hybridized carbons (Fsp3) is 0.400. The zero-order chi connectivity index (χ0) is 10.5. The number of rotatable bonds is 0. The molecular weight excluding hydrogens is 265 g/mol. The van der Waals surface area contributed by atoms with Crippen molar-refractivity contribution >= 4 is 33.2 Å². The maximum absolute atomic E-state index is 6.08. The van der Waals surface area contributed by atoms with Crippen molar-refractivity contribution in [2.75, 3.05) is 5.73 Å². The average Bonchev–Trinajstić information content (AvgIpc) is 2.54. The van der Waals surface area contributed by atoms with Crippen molar-refractivity contribution in [3.8, 4) is 5.75 Å². The highest BCUT2D eigenvalue weighted by atomic mass is 79.9. The number of halogens is 2. The van der Waals surface area contributed by atoms with E-state index in [2.05, 4.69) is 15.9 Å². The van der Waals surface area contributed by atoms with Gasteiger partial charge in [-0.15, -0.1) is 0 Å². The maximum Gasteiger partial charge on any atom is 0.148 e. The van der Waals surface area contributed by atoms with Gasteiger partial charge < -0.3 is 10.5 Å². The van der Waals surface area contributed by atoms with E-state index in [1.54, 1.807) is 0 Å². The van der Waals surface area contributed by atoms with Crippen molar-refractivity contribution in [2.24, 2.45) is 0 Å². The molecule has 2 N–H and O–H groups in total. The van der Waals surface area contributed by atoms with Gasteiger partial charge in [0.15, 0.2) is 0 Å². The van der Waals surface area contributed by atoms with E-state index >= 15 is 0 Å². The van der Waals surface area contributed by atoms with E-state index < -0.39 is 0 Å². The van der Waals surface area contributed by atoms with Gasteiger partial charge in [0.1, 0.15) is 11.9 Å². The van der Waals surface area contributed by atoms with Crippen LogP contribution in [0.4, 0.5) is 5.69 Å². The van der Waals surface area contributed by atoms with Crippen molar-refractivity contribution in [3.05, 3.63) is 20.6 Å². The molecular formula is C10H11BrClNO. The third-order valence-corrected chi connectivity index (χ3v) is 4.05. The molecule has 4 heteroatoms. The highest BCUT2D eigenvalue weighted by Crippen LogP contribution is 2.45. The molecule has 0 radical (unpaired) electrons. The molecule has 1 aromatic rings. The highest BCUT2D eigenvalue weighted by Gasteiger charge is 2.27. The second-order valence-corrected chi connectivity index (χ2v) is 4.78. The number of anilines is 1. The summed E-state index contributed by atoms with van der Waals surface area (Å²) >= 11 is 9.60. The van der Waals surface area contributed by atoms with Crippen LogP contribution in [0.5, 0.6) is 5.75 Å². The normalized spacial score (nSPS) is 19.3. The molecule has 76 valence electrons. The van der Waals surface area contributed by atoms with Gasteiger partial charge in [-0.1, -0.05) is 27.5 Å². The Balaban J connectivity index is 2.70.